The van der Waals surface area contributed by atoms with Crippen molar-refractivity contribution in [2.24, 2.45) is 0 Å². The van der Waals surface area contributed by atoms with E-state index in [2.05, 4.69) is 56.6 Å². The minimum atomic E-state index is -1.03. The average Bonchev–Trinajstić information content (AvgIpc) is 2.99. The van der Waals surface area contributed by atoms with Gasteiger partial charge in [-0.3, -0.25) is 0 Å². The Balaban J connectivity index is 1.25. The second-order valence-corrected chi connectivity index (χ2v) is 11.7. The molecule has 42 heavy (non-hydrogen) atoms. The number of aromatic nitrogens is 2. The summed E-state index contributed by atoms with van der Waals surface area (Å²) in [5.41, 5.74) is 5.26. The van der Waals surface area contributed by atoms with E-state index in [0.717, 1.165) is 65.0 Å². The van der Waals surface area contributed by atoms with Gasteiger partial charge in [-0.05, 0) is 84.1 Å². The summed E-state index contributed by atoms with van der Waals surface area (Å²) in [6, 6.07) is 27.6. The Kier molecular flexibility index (Phi) is 8.20. The van der Waals surface area contributed by atoms with Crippen molar-refractivity contribution in [3.05, 3.63) is 129 Å². The molecule has 4 aromatic carbocycles. The molecule has 6 rings (SSSR count). The highest BCUT2D eigenvalue weighted by Gasteiger charge is 2.23. The van der Waals surface area contributed by atoms with E-state index in [1.807, 2.05) is 36.4 Å². The van der Waals surface area contributed by atoms with Gasteiger partial charge in [0, 0.05) is 46.2 Å². The van der Waals surface area contributed by atoms with Crippen LogP contribution in [0.2, 0.25) is 15.1 Å². The normalized spacial score (nSPS) is 14.0. The number of halogens is 3. The molecule has 0 aliphatic carbocycles. The number of rotatable bonds is 7. The van der Waals surface area contributed by atoms with Crippen LogP contribution in [0.15, 0.2) is 91.3 Å². The van der Waals surface area contributed by atoms with Crippen LogP contribution in [0.4, 0.5) is 11.5 Å². The van der Waals surface area contributed by atoms with Gasteiger partial charge in [-0.25, -0.2) is 14.8 Å². The molecule has 1 aliphatic rings. The van der Waals surface area contributed by atoms with Gasteiger partial charge in [0.2, 0.25) is 0 Å². The number of hydrogen-bond donors (Lipinski definition) is 2. The van der Waals surface area contributed by atoms with Crippen molar-refractivity contribution >= 4 is 63.2 Å². The Labute approximate surface area is 258 Å². The standard InChI is InChI=1S/C33H27Cl3N4O2/c34-23-6-1-20(2-7-23)31(21-3-8-24(35)9-4-21)22-5-12-30-28(17-22)32(38-19-37-30)39-25-13-15-40(16-14-25)26-10-11-27(33(41)42)29(36)18-26/h1-12,17-19,25,31H,13-16H2,(H,41,42)(H,37,38,39). The summed E-state index contributed by atoms with van der Waals surface area (Å²) in [6.45, 7) is 1.62. The highest BCUT2D eigenvalue weighted by Crippen LogP contribution is 2.36. The minimum absolute atomic E-state index is 0.0282. The number of piperidine rings is 1. The van der Waals surface area contributed by atoms with Crippen molar-refractivity contribution in [3.8, 4) is 0 Å². The molecular formula is C33H27Cl3N4O2. The molecule has 0 amide bonds. The molecule has 0 unspecified atom stereocenters. The van der Waals surface area contributed by atoms with Crippen molar-refractivity contribution < 1.29 is 9.90 Å². The van der Waals surface area contributed by atoms with Gasteiger partial charge in [-0.1, -0.05) is 65.1 Å². The summed E-state index contributed by atoms with van der Waals surface area (Å²) in [6.07, 6.45) is 3.38. The zero-order valence-electron chi connectivity index (χ0n) is 22.5. The Morgan fingerprint density at radius 1 is 0.810 bits per heavy atom. The smallest absolute Gasteiger partial charge is 0.337 e. The first-order valence-electron chi connectivity index (χ1n) is 13.7. The van der Waals surface area contributed by atoms with Gasteiger partial charge in [0.1, 0.15) is 12.1 Å². The monoisotopic (exact) mass is 616 g/mol. The molecule has 0 radical (unpaired) electrons. The fourth-order valence-corrected chi connectivity index (χ4v) is 6.11. The Morgan fingerprint density at radius 3 is 2.02 bits per heavy atom. The molecule has 0 bridgehead atoms. The van der Waals surface area contributed by atoms with Gasteiger partial charge in [-0.15, -0.1) is 0 Å². The second kappa shape index (κ2) is 12.2. The molecule has 5 aromatic rings. The molecule has 0 saturated carbocycles. The minimum Gasteiger partial charge on any atom is -0.478 e. The number of aromatic carboxylic acids is 1. The maximum absolute atomic E-state index is 11.3. The largest absolute Gasteiger partial charge is 0.478 e. The number of benzene rings is 4. The van der Waals surface area contributed by atoms with Crippen LogP contribution in [0, 0.1) is 0 Å². The third-order valence-electron chi connectivity index (χ3n) is 7.78. The molecule has 6 nitrogen and oxygen atoms in total. The zero-order valence-corrected chi connectivity index (χ0v) is 24.7. The van der Waals surface area contributed by atoms with Crippen molar-refractivity contribution in [3.63, 3.8) is 0 Å². The van der Waals surface area contributed by atoms with Gasteiger partial charge in [0.15, 0.2) is 0 Å². The highest BCUT2D eigenvalue weighted by atomic mass is 35.5. The van der Waals surface area contributed by atoms with Crippen LogP contribution in [-0.4, -0.2) is 40.2 Å². The summed E-state index contributed by atoms with van der Waals surface area (Å²) in [7, 11) is 0. The number of nitrogens with one attached hydrogen (secondary N) is 1. The first kappa shape index (κ1) is 28.3. The summed E-state index contributed by atoms with van der Waals surface area (Å²) < 4.78 is 0. The Morgan fingerprint density at radius 2 is 1.43 bits per heavy atom. The van der Waals surface area contributed by atoms with Crippen LogP contribution >= 0.6 is 34.8 Å². The van der Waals surface area contributed by atoms with Gasteiger partial charge in [-0.2, -0.15) is 0 Å². The lowest BCUT2D eigenvalue weighted by Crippen LogP contribution is -2.39. The zero-order chi connectivity index (χ0) is 29.2. The van der Waals surface area contributed by atoms with E-state index in [-0.39, 0.29) is 22.5 Å². The number of hydrogen-bond acceptors (Lipinski definition) is 5. The van der Waals surface area contributed by atoms with Gasteiger partial charge in [0.05, 0.1) is 16.1 Å². The summed E-state index contributed by atoms with van der Waals surface area (Å²) in [4.78, 5) is 22.7. The first-order valence-corrected chi connectivity index (χ1v) is 14.8. The Bertz CT molecular complexity index is 1690. The van der Waals surface area contributed by atoms with Crippen molar-refractivity contribution in [1.82, 2.24) is 9.97 Å². The van der Waals surface area contributed by atoms with Crippen molar-refractivity contribution in [2.75, 3.05) is 23.3 Å². The number of fused-ring (bicyclic) bond motifs is 1. The molecular weight excluding hydrogens is 591 g/mol. The molecule has 0 atom stereocenters. The highest BCUT2D eigenvalue weighted by molar-refractivity contribution is 6.33. The summed E-state index contributed by atoms with van der Waals surface area (Å²) in [5, 5.41) is 15.5. The number of carboxylic acids is 1. The third kappa shape index (κ3) is 6.02. The summed E-state index contributed by atoms with van der Waals surface area (Å²) >= 11 is 18.6. The quantitative estimate of drug-likeness (QED) is 0.178. The topological polar surface area (TPSA) is 78.4 Å². The van der Waals surface area contributed by atoms with E-state index in [0.29, 0.717) is 10.0 Å². The maximum Gasteiger partial charge on any atom is 0.337 e. The molecule has 9 heteroatoms. The van der Waals surface area contributed by atoms with E-state index in [1.54, 1.807) is 18.5 Å². The van der Waals surface area contributed by atoms with Crippen LogP contribution in [0.25, 0.3) is 10.9 Å². The van der Waals surface area contributed by atoms with Crippen LogP contribution in [0.1, 0.15) is 45.8 Å². The van der Waals surface area contributed by atoms with Gasteiger partial charge < -0.3 is 15.3 Å². The second-order valence-electron chi connectivity index (χ2n) is 10.4. The van der Waals surface area contributed by atoms with Crippen molar-refractivity contribution in [2.45, 2.75) is 24.8 Å². The van der Waals surface area contributed by atoms with E-state index in [4.69, 9.17) is 34.8 Å². The molecule has 1 fully saturated rings. The fraction of sp³-hybridized carbons (Fsp3) is 0.182. The van der Waals surface area contributed by atoms with E-state index in [1.165, 1.54) is 0 Å². The van der Waals surface area contributed by atoms with Crippen LogP contribution in [0.3, 0.4) is 0 Å². The fourth-order valence-electron chi connectivity index (χ4n) is 5.61. The van der Waals surface area contributed by atoms with Gasteiger partial charge >= 0.3 is 5.97 Å². The van der Waals surface area contributed by atoms with Crippen LogP contribution < -0.4 is 10.2 Å². The van der Waals surface area contributed by atoms with Crippen molar-refractivity contribution in [1.29, 1.82) is 0 Å². The maximum atomic E-state index is 11.3. The third-order valence-corrected chi connectivity index (χ3v) is 8.60. The average molecular weight is 618 g/mol. The molecule has 2 N–H and O–H groups in total. The summed E-state index contributed by atoms with van der Waals surface area (Å²) in [5.74, 6) is -0.248. The number of nitrogens with zero attached hydrogens (tertiary/aromatic N) is 3. The van der Waals surface area contributed by atoms with Gasteiger partial charge in [0.25, 0.3) is 0 Å². The molecule has 212 valence electrons. The SMILES string of the molecule is O=C(O)c1ccc(N2CCC(Nc3ncnc4ccc(C(c5ccc(Cl)cc5)c5ccc(Cl)cc5)cc34)CC2)cc1Cl. The van der Waals surface area contributed by atoms with Crippen LogP contribution in [-0.2, 0) is 0 Å². The predicted molar refractivity (Wildman–Crippen MR) is 171 cm³/mol. The molecule has 1 aromatic heterocycles. The molecule has 0 spiro atoms. The number of carbonyl (C=O) groups is 1. The first-order chi connectivity index (χ1) is 20.4. The van der Waals surface area contributed by atoms with Crippen LogP contribution in [0.5, 0.6) is 0 Å². The number of carboxylic acid groups (broad SMARTS) is 1. The van der Waals surface area contributed by atoms with E-state index in [9.17, 15) is 9.90 Å². The van der Waals surface area contributed by atoms with E-state index >= 15 is 0 Å². The predicted octanol–water partition coefficient (Wildman–Crippen LogP) is 8.55. The lowest BCUT2D eigenvalue weighted by Gasteiger charge is -2.34. The lowest BCUT2D eigenvalue weighted by atomic mass is 9.84. The lowest BCUT2D eigenvalue weighted by molar-refractivity contribution is 0.0697. The Hall–Kier alpha value is -3.84. The molecule has 1 saturated heterocycles. The molecule has 2 heterocycles. The van der Waals surface area contributed by atoms with E-state index < -0.39 is 5.97 Å². The molecule has 1 aliphatic heterocycles. The number of anilines is 2.